The lowest BCUT2D eigenvalue weighted by Crippen LogP contribution is -1.95. The largest absolute Gasteiger partial charge is 0.219 e. The van der Waals surface area contributed by atoms with Crippen LogP contribution < -0.4 is 0 Å². The van der Waals surface area contributed by atoms with Crippen molar-refractivity contribution in [3.05, 3.63) is 39.6 Å². The average Bonchev–Trinajstić information content (AvgIpc) is 2.75. The molecule has 6 heteroatoms. The summed E-state index contributed by atoms with van der Waals surface area (Å²) in [7, 11) is 0. The number of aryl methyl sites for hydroxylation is 1. The van der Waals surface area contributed by atoms with Gasteiger partial charge in [0.05, 0.1) is 17.6 Å². The van der Waals surface area contributed by atoms with Gasteiger partial charge in [0.1, 0.15) is 0 Å². The van der Waals surface area contributed by atoms with Crippen molar-refractivity contribution in [1.82, 2.24) is 15.0 Å². The molecule has 2 aromatic rings. The average molecular weight is 335 g/mol. The summed E-state index contributed by atoms with van der Waals surface area (Å²) >= 11 is 15.0. The first kappa shape index (κ1) is 12.9. The Labute approximate surface area is 118 Å². The van der Waals surface area contributed by atoms with Crippen molar-refractivity contribution in [2.24, 2.45) is 0 Å². The molecular formula is C11H10BrCl2N3. The highest BCUT2D eigenvalue weighted by Crippen LogP contribution is 2.24. The predicted molar refractivity (Wildman–Crippen MR) is 73.1 cm³/mol. The van der Waals surface area contributed by atoms with E-state index in [9.17, 15) is 0 Å². The van der Waals surface area contributed by atoms with Gasteiger partial charge in [0.2, 0.25) is 0 Å². The van der Waals surface area contributed by atoms with E-state index in [1.54, 1.807) is 4.68 Å². The quantitative estimate of drug-likeness (QED) is 0.795. The molecule has 0 atom stereocenters. The van der Waals surface area contributed by atoms with Crippen LogP contribution in [0.5, 0.6) is 0 Å². The van der Waals surface area contributed by atoms with E-state index in [-0.39, 0.29) is 0 Å². The summed E-state index contributed by atoms with van der Waals surface area (Å²) in [4.78, 5) is 0. The van der Waals surface area contributed by atoms with Crippen LogP contribution in [0.15, 0.2) is 28.9 Å². The van der Waals surface area contributed by atoms with Gasteiger partial charge < -0.3 is 0 Å². The third-order valence-corrected chi connectivity index (χ3v) is 3.40. The van der Waals surface area contributed by atoms with Gasteiger partial charge in [-0.25, -0.2) is 4.68 Å². The van der Waals surface area contributed by atoms with E-state index in [0.29, 0.717) is 10.9 Å². The number of hydrogen-bond donors (Lipinski definition) is 0. The maximum atomic E-state index is 5.89. The predicted octanol–water partition coefficient (Wildman–Crippen LogP) is 3.85. The summed E-state index contributed by atoms with van der Waals surface area (Å²) < 4.78 is 2.61. The fraction of sp³-hybridized carbons (Fsp3) is 0.273. The molecule has 0 aliphatic carbocycles. The number of hydrogen-bond acceptors (Lipinski definition) is 2. The molecule has 2 rings (SSSR count). The van der Waals surface area contributed by atoms with E-state index in [0.717, 1.165) is 28.7 Å². The Hall–Kier alpha value is -0.580. The molecule has 0 saturated carbocycles. The highest BCUT2D eigenvalue weighted by molar-refractivity contribution is 9.10. The lowest BCUT2D eigenvalue weighted by Gasteiger charge is -2.03. The second-order valence-electron chi connectivity index (χ2n) is 3.54. The second-order valence-corrected chi connectivity index (χ2v) is 5.21. The molecule has 1 heterocycles. The Bertz CT molecular complexity index is 513. The van der Waals surface area contributed by atoms with E-state index in [2.05, 4.69) is 26.2 Å². The van der Waals surface area contributed by atoms with Gasteiger partial charge in [-0.1, -0.05) is 16.8 Å². The normalized spacial score (nSPS) is 10.8. The minimum Gasteiger partial charge on any atom is -0.219 e. The number of halogens is 3. The summed E-state index contributed by atoms with van der Waals surface area (Å²) in [6.45, 7) is 0. The van der Waals surface area contributed by atoms with Crippen LogP contribution in [-0.2, 0) is 6.42 Å². The molecule has 17 heavy (non-hydrogen) atoms. The molecule has 0 bridgehead atoms. The van der Waals surface area contributed by atoms with Crippen LogP contribution in [0.4, 0.5) is 0 Å². The summed E-state index contributed by atoms with van der Waals surface area (Å²) in [5.41, 5.74) is 1.85. The van der Waals surface area contributed by atoms with E-state index in [1.165, 1.54) is 0 Å². The molecule has 0 fully saturated rings. The molecule has 0 unspecified atom stereocenters. The van der Waals surface area contributed by atoms with Crippen LogP contribution in [0.1, 0.15) is 12.1 Å². The Morgan fingerprint density at radius 1 is 1.35 bits per heavy atom. The van der Waals surface area contributed by atoms with Gasteiger partial charge in [0.15, 0.2) is 0 Å². The zero-order chi connectivity index (χ0) is 12.3. The summed E-state index contributed by atoms with van der Waals surface area (Å²) in [6, 6.07) is 5.55. The zero-order valence-corrected chi connectivity index (χ0v) is 12.0. The third-order valence-electron chi connectivity index (χ3n) is 2.26. The Kier molecular flexibility index (Phi) is 4.42. The SMILES string of the molecule is ClCCCc1cn(-c2ccc(Cl)cc2Br)nn1. The first-order valence-electron chi connectivity index (χ1n) is 5.13. The third kappa shape index (κ3) is 3.21. The minimum atomic E-state index is 0.636. The molecule has 90 valence electrons. The molecule has 3 nitrogen and oxygen atoms in total. The van der Waals surface area contributed by atoms with Crippen LogP contribution in [0.3, 0.4) is 0 Å². The second kappa shape index (κ2) is 5.85. The first-order chi connectivity index (χ1) is 8.20. The van der Waals surface area contributed by atoms with E-state index >= 15 is 0 Å². The Balaban J connectivity index is 2.24. The first-order valence-corrected chi connectivity index (χ1v) is 6.84. The van der Waals surface area contributed by atoms with E-state index in [1.807, 2.05) is 24.4 Å². The molecule has 1 aromatic carbocycles. The highest BCUT2D eigenvalue weighted by Gasteiger charge is 2.06. The molecule has 0 spiro atoms. The van der Waals surface area contributed by atoms with Gasteiger partial charge in [-0.3, -0.25) is 0 Å². The molecule has 0 N–H and O–H groups in total. The van der Waals surface area contributed by atoms with E-state index < -0.39 is 0 Å². The van der Waals surface area contributed by atoms with Crippen molar-refractivity contribution in [3.8, 4) is 5.69 Å². The van der Waals surface area contributed by atoms with Gasteiger partial charge in [-0.05, 0) is 47.0 Å². The lowest BCUT2D eigenvalue weighted by atomic mass is 10.3. The Morgan fingerprint density at radius 3 is 2.88 bits per heavy atom. The van der Waals surface area contributed by atoms with Gasteiger partial charge in [-0.2, -0.15) is 0 Å². The number of rotatable bonds is 4. The topological polar surface area (TPSA) is 30.7 Å². The van der Waals surface area contributed by atoms with Crippen molar-refractivity contribution in [2.75, 3.05) is 5.88 Å². The molecule has 0 radical (unpaired) electrons. The maximum absolute atomic E-state index is 5.89. The monoisotopic (exact) mass is 333 g/mol. The standard InChI is InChI=1S/C11H10BrCl2N3/c12-10-6-8(14)3-4-11(10)17-7-9(15-16-17)2-1-5-13/h3-4,6-7H,1-2,5H2. The summed E-state index contributed by atoms with van der Waals surface area (Å²) in [5.74, 6) is 0.636. The minimum absolute atomic E-state index is 0.636. The number of benzene rings is 1. The molecule has 0 amide bonds. The fourth-order valence-corrected chi connectivity index (χ4v) is 2.44. The van der Waals surface area contributed by atoms with Crippen molar-refractivity contribution in [3.63, 3.8) is 0 Å². The van der Waals surface area contributed by atoms with Gasteiger partial charge in [0.25, 0.3) is 0 Å². The molecule has 0 saturated heterocycles. The van der Waals surface area contributed by atoms with Crippen molar-refractivity contribution in [1.29, 1.82) is 0 Å². The number of nitrogens with zero attached hydrogens (tertiary/aromatic N) is 3. The number of alkyl halides is 1. The van der Waals surface area contributed by atoms with Crippen LogP contribution in [-0.4, -0.2) is 20.9 Å². The molecule has 0 aliphatic heterocycles. The smallest absolute Gasteiger partial charge is 0.0832 e. The Morgan fingerprint density at radius 2 is 2.18 bits per heavy atom. The molecule has 0 aliphatic rings. The van der Waals surface area contributed by atoms with Crippen LogP contribution in [0, 0.1) is 0 Å². The highest BCUT2D eigenvalue weighted by atomic mass is 79.9. The van der Waals surface area contributed by atoms with E-state index in [4.69, 9.17) is 23.2 Å². The van der Waals surface area contributed by atoms with Crippen LogP contribution >= 0.6 is 39.1 Å². The van der Waals surface area contributed by atoms with Crippen molar-refractivity contribution < 1.29 is 0 Å². The van der Waals surface area contributed by atoms with Gasteiger partial charge in [-0.15, -0.1) is 16.7 Å². The molecule has 1 aromatic heterocycles. The van der Waals surface area contributed by atoms with Gasteiger partial charge >= 0.3 is 0 Å². The van der Waals surface area contributed by atoms with Crippen LogP contribution in [0.25, 0.3) is 5.69 Å². The lowest BCUT2D eigenvalue weighted by molar-refractivity contribution is 0.790. The molecular weight excluding hydrogens is 325 g/mol. The summed E-state index contributed by atoms with van der Waals surface area (Å²) in [6.07, 6.45) is 3.65. The summed E-state index contributed by atoms with van der Waals surface area (Å²) in [5, 5.41) is 8.86. The maximum Gasteiger partial charge on any atom is 0.0832 e. The fourth-order valence-electron chi connectivity index (χ4n) is 1.45. The van der Waals surface area contributed by atoms with Crippen molar-refractivity contribution in [2.45, 2.75) is 12.8 Å². The van der Waals surface area contributed by atoms with Crippen molar-refractivity contribution >= 4 is 39.1 Å². The zero-order valence-electron chi connectivity index (χ0n) is 8.91. The van der Waals surface area contributed by atoms with Crippen LogP contribution in [0.2, 0.25) is 5.02 Å². The number of aromatic nitrogens is 3. The van der Waals surface area contributed by atoms with Gasteiger partial charge in [0, 0.05) is 15.4 Å².